The monoisotopic (exact) mass is 430 g/mol. The molecule has 0 amide bonds. The minimum Gasteiger partial charge on any atom is -0.378 e. The van der Waals surface area contributed by atoms with E-state index in [0.717, 1.165) is 48.0 Å². The van der Waals surface area contributed by atoms with E-state index < -0.39 is 0 Å². The van der Waals surface area contributed by atoms with Gasteiger partial charge in [-0.1, -0.05) is 26.0 Å². The van der Waals surface area contributed by atoms with E-state index in [2.05, 4.69) is 64.4 Å². The minimum atomic E-state index is 0.478. The fraction of sp³-hybridized carbons (Fsp3) is 0.429. The Morgan fingerprint density at radius 1 is 1.26 bits per heavy atom. The molecule has 0 saturated carbocycles. The normalized spacial score (nSPS) is 14.5. The van der Waals surface area contributed by atoms with Gasteiger partial charge in [0.1, 0.15) is 5.82 Å². The van der Waals surface area contributed by atoms with Crippen LogP contribution in [0.2, 0.25) is 0 Å². The Bertz CT molecular complexity index is 803. The number of morpholine rings is 1. The van der Waals surface area contributed by atoms with Gasteiger partial charge in [0.25, 0.3) is 0 Å². The molecule has 0 aliphatic carbocycles. The minimum absolute atomic E-state index is 0.478. The highest BCUT2D eigenvalue weighted by Gasteiger charge is 2.19. The zero-order chi connectivity index (χ0) is 19.4. The molecule has 27 heavy (non-hydrogen) atoms. The van der Waals surface area contributed by atoms with Gasteiger partial charge in [-0.2, -0.15) is 4.98 Å². The molecule has 6 heteroatoms. The molecule has 144 valence electrons. The molecule has 0 radical (unpaired) electrons. The van der Waals surface area contributed by atoms with E-state index in [1.54, 1.807) is 0 Å². The quantitative estimate of drug-likeness (QED) is 0.613. The molecule has 0 N–H and O–H groups in total. The number of hydrogen-bond acceptors (Lipinski definition) is 5. The van der Waals surface area contributed by atoms with Crippen LogP contribution < -0.4 is 9.80 Å². The van der Waals surface area contributed by atoms with Crippen molar-refractivity contribution in [3.63, 3.8) is 0 Å². The summed E-state index contributed by atoms with van der Waals surface area (Å²) < 4.78 is 6.50. The summed E-state index contributed by atoms with van der Waals surface area (Å²) >= 11 is 3.74. The van der Waals surface area contributed by atoms with Crippen LogP contribution >= 0.6 is 15.9 Å². The first kappa shape index (κ1) is 19.8. The van der Waals surface area contributed by atoms with Gasteiger partial charge in [0.05, 0.1) is 18.9 Å². The highest BCUT2D eigenvalue weighted by atomic mass is 79.9. The molecule has 2 aromatic rings. The summed E-state index contributed by atoms with van der Waals surface area (Å²) in [5.74, 6) is 2.12. The average molecular weight is 431 g/mol. The van der Waals surface area contributed by atoms with E-state index in [0.29, 0.717) is 18.4 Å². The Balaban J connectivity index is 1.99. The van der Waals surface area contributed by atoms with Crippen LogP contribution in [-0.4, -0.2) is 42.8 Å². The topological polar surface area (TPSA) is 41.5 Å². The summed E-state index contributed by atoms with van der Waals surface area (Å²) in [7, 11) is 0. The lowest BCUT2D eigenvalue weighted by Gasteiger charge is -2.29. The number of anilines is 3. The van der Waals surface area contributed by atoms with Crippen LogP contribution in [0.4, 0.5) is 17.5 Å². The Kier molecular flexibility index (Phi) is 6.50. The predicted molar refractivity (Wildman–Crippen MR) is 115 cm³/mol. The van der Waals surface area contributed by atoms with Crippen LogP contribution in [0.3, 0.4) is 0 Å². The number of aromatic nitrogens is 2. The number of ether oxygens (including phenoxy) is 1. The maximum Gasteiger partial charge on any atom is 0.232 e. The molecular weight excluding hydrogens is 404 g/mol. The zero-order valence-electron chi connectivity index (χ0n) is 16.3. The Labute approximate surface area is 170 Å². The third-order valence-electron chi connectivity index (χ3n) is 4.65. The van der Waals surface area contributed by atoms with E-state index in [1.807, 2.05) is 19.1 Å². The summed E-state index contributed by atoms with van der Waals surface area (Å²) in [6.45, 7) is 14.1. The number of halogens is 1. The summed E-state index contributed by atoms with van der Waals surface area (Å²) in [5.41, 5.74) is 3.28. The molecule has 1 aliphatic rings. The van der Waals surface area contributed by atoms with Gasteiger partial charge in [-0.25, -0.2) is 4.98 Å². The van der Waals surface area contributed by atoms with Gasteiger partial charge in [-0.15, -0.1) is 6.58 Å². The van der Waals surface area contributed by atoms with Crippen molar-refractivity contribution in [2.45, 2.75) is 26.7 Å². The molecule has 0 unspecified atom stereocenters. The molecule has 1 aromatic carbocycles. The first-order chi connectivity index (χ1) is 13.0. The summed E-state index contributed by atoms with van der Waals surface area (Å²) in [4.78, 5) is 13.9. The molecule has 1 saturated heterocycles. The SMILES string of the molecule is C=CCN(c1nc(C)cc(N2CCOCC2)n1)c1ccc(C(C)C)cc1Br. The van der Waals surface area contributed by atoms with Crippen molar-refractivity contribution in [3.8, 4) is 0 Å². The van der Waals surface area contributed by atoms with Crippen LogP contribution in [0.15, 0.2) is 41.4 Å². The maximum absolute atomic E-state index is 5.47. The lowest BCUT2D eigenvalue weighted by atomic mass is 10.0. The highest BCUT2D eigenvalue weighted by Crippen LogP contribution is 2.34. The maximum atomic E-state index is 5.47. The van der Waals surface area contributed by atoms with Crippen LogP contribution in [0, 0.1) is 6.92 Å². The summed E-state index contributed by atoms with van der Waals surface area (Å²) in [6.07, 6.45) is 1.88. The van der Waals surface area contributed by atoms with Gasteiger partial charge >= 0.3 is 0 Å². The second kappa shape index (κ2) is 8.85. The fourth-order valence-electron chi connectivity index (χ4n) is 3.13. The van der Waals surface area contributed by atoms with Crippen molar-refractivity contribution < 1.29 is 4.74 Å². The molecular formula is C21H27BrN4O. The second-order valence-electron chi connectivity index (χ2n) is 7.03. The van der Waals surface area contributed by atoms with Gasteiger partial charge in [0.15, 0.2) is 0 Å². The summed E-state index contributed by atoms with van der Waals surface area (Å²) in [5, 5.41) is 0. The lowest BCUT2D eigenvalue weighted by molar-refractivity contribution is 0.122. The first-order valence-corrected chi connectivity index (χ1v) is 10.1. The van der Waals surface area contributed by atoms with Crippen molar-refractivity contribution in [2.75, 3.05) is 42.6 Å². The van der Waals surface area contributed by atoms with Crippen LogP contribution in [-0.2, 0) is 4.74 Å². The molecule has 3 rings (SSSR count). The fourth-order valence-corrected chi connectivity index (χ4v) is 3.74. The van der Waals surface area contributed by atoms with Crippen molar-refractivity contribution in [2.24, 2.45) is 0 Å². The van der Waals surface area contributed by atoms with Crippen molar-refractivity contribution in [1.82, 2.24) is 9.97 Å². The molecule has 0 bridgehead atoms. The van der Waals surface area contributed by atoms with Gasteiger partial charge < -0.3 is 14.5 Å². The van der Waals surface area contributed by atoms with Crippen LogP contribution in [0.25, 0.3) is 0 Å². The number of rotatable bonds is 6. The smallest absolute Gasteiger partial charge is 0.232 e. The van der Waals surface area contributed by atoms with E-state index in [1.165, 1.54) is 5.56 Å². The number of aryl methyl sites for hydroxylation is 1. The average Bonchev–Trinajstić information content (AvgIpc) is 2.66. The number of nitrogens with zero attached hydrogens (tertiary/aromatic N) is 4. The second-order valence-corrected chi connectivity index (χ2v) is 7.89. The molecule has 0 spiro atoms. The van der Waals surface area contributed by atoms with E-state index in [9.17, 15) is 0 Å². The van der Waals surface area contributed by atoms with Crippen LogP contribution in [0.1, 0.15) is 31.0 Å². The van der Waals surface area contributed by atoms with Crippen molar-refractivity contribution >= 4 is 33.4 Å². The van der Waals surface area contributed by atoms with Gasteiger partial charge in [0, 0.05) is 35.9 Å². The molecule has 0 atom stereocenters. The molecule has 1 fully saturated rings. The third-order valence-corrected chi connectivity index (χ3v) is 5.28. The predicted octanol–water partition coefficient (Wildman–Crippen LogP) is 4.83. The molecule has 5 nitrogen and oxygen atoms in total. The van der Waals surface area contributed by atoms with E-state index >= 15 is 0 Å². The zero-order valence-corrected chi connectivity index (χ0v) is 17.9. The Morgan fingerprint density at radius 2 is 2.00 bits per heavy atom. The first-order valence-electron chi connectivity index (χ1n) is 9.36. The van der Waals surface area contributed by atoms with Crippen LogP contribution in [0.5, 0.6) is 0 Å². The lowest BCUT2D eigenvalue weighted by Crippen LogP contribution is -2.37. The Hall–Kier alpha value is -1.92. The van der Waals surface area contributed by atoms with E-state index in [-0.39, 0.29) is 0 Å². The third kappa shape index (κ3) is 4.68. The van der Waals surface area contributed by atoms with Crippen molar-refractivity contribution in [3.05, 3.63) is 52.7 Å². The van der Waals surface area contributed by atoms with Crippen molar-refractivity contribution in [1.29, 1.82) is 0 Å². The highest BCUT2D eigenvalue weighted by molar-refractivity contribution is 9.10. The summed E-state index contributed by atoms with van der Waals surface area (Å²) in [6, 6.07) is 8.51. The van der Waals surface area contributed by atoms with Gasteiger partial charge in [-0.05, 0) is 46.5 Å². The van der Waals surface area contributed by atoms with Gasteiger partial charge in [0.2, 0.25) is 5.95 Å². The molecule has 1 aliphatic heterocycles. The van der Waals surface area contributed by atoms with Gasteiger partial charge in [-0.3, -0.25) is 0 Å². The Morgan fingerprint density at radius 3 is 2.63 bits per heavy atom. The molecule has 1 aromatic heterocycles. The number of benzene rings is 1. The standard InChI is InChI=1S/C21H27BrN4O/c1-5-8-26(19-7-6-17(15(2)3)14-18(19)22)21-23-16(4)13-20(24-21)25-9-11-27-12-10-25/h5-7,13-15H,1,8-12H2,2-4H3. The largest absolute Gasteiger partial charge is 0.378 e. The van der Waals surface area contributed by atoms with E-state index in [4.69, 9.17) is 14.7 Å². The number of hydrogen-bond donors (Lipinski definition) is 0. The molecule has 2 heterocycles.